The van der Waals surface area contributed by atoms with Gasteiger partial charge >= 0.3 is 0 Å². The molecule has 6 heteroatoms. The molecular formula is C20H20N2O3S. The number of hydrogen-bond acceptors (Lipinski definition) is 4. The van der Waals surface area contributed by atoms with Crippen LogP contribution in [-0.4, -0.2) is 22.7 Å². The van der Waals surface area contributed by atoms with E-state index in [0.717, 1.165) is 12.0 Å². The maximum Gasteiger partial charge on any atom is 0.281 e. The molecule has 1 aliphatic heterocycles. The van der Waals surface area contributed by atoms with Crippen molar-refractivity contribution in [2.75, 3.05) is 11.5 Å². The van der Waals surface area contributed by atoms with Gasteiger partial charge in [-0.05, 0) is 55.9 Å². The van der Waals surface area contributed by atoms with Crippen molar-refractivity contribution in [3.8, 4) is 11.5 Å². The molecule has 26 heavy (non-hydrogen) atoms. The number of benzene rings is 2. The summed E-state index contributed by atoms with van der Waals surface area (Å²) < 4.78 is 5.49. The van der Waals surface area contributed by atoms with E-state index in [2.05, 4.69) is 5.32 Å². The number of ether oxygens (including phenoxy) is 1. The van der Waals surface area contributed by atoms with Crippen LogP contribution in [0.2, 0.25) is 0 Å². The number of carbonyl (C=O) groups excluding carboxylic acids is 1. The summed E-state index contributed by atoms with van der Waals surface area (Å²) in [6, 6.07) is 12.6. The van der Waals surface area contributed by atoms with Crippen LogP contribution >= 0.6 is 12.2 Å². The predicted molar refractivity (Wildman–Crippen MR) is 106 cm³/mol. The fourth-order valence-corrected chi connectivity index (χ4v) is 2.87. The Bertz CT molecular complexity index is 875. The molecule has 1 saturated heterocycles. The van der Waals surface area contributed by atoms with Crippen molar-refractivity contribution in [2.24, 2.45) is 0 Å². The molecule has 5 nitrogen and oxygen atoms in total. The Hall–Kier alpha value is -2.86. The minimum absolute atomic E-state index is 0.0420. The standard InChI is InChI=1S/C20H20N2O3S/c1-3-10-25-16-9-6-14(18(23)12-16)11-17-19(24)22(20(26)21-17)15-7-4-13(2)5-8-15/h4-9,11-12,23H,3,10H2,1-2H3,(H,21,26)/b17-11-. The van der Waals surface area contributed by atoms with Crippen LogP contribution < -0.4 is 15.0 Å². The number of phenolic OH excluding ortho intramolecular Hbond substituents is 1. The molecule has 3 rings (SSSR count). The molecule has 0 radical (unpaired) electrons. The van der Waals surface area contributed by atoms with Gasteiger partial charge in [0.1, 0.15) is 17.2 Å². The van der Waals surface area contributed by atoms with E-state index in [1.165, 1.54) is 11.0 Å². The first kappa shape index (κ1) is 17.9. The van der Waals surface area contributed by atoms with Crippen LogP contribution in [0, 0.1) is 6.92 Å². The summed E-state index contributed by atoms with van der Waals surface area (Å²) in [7, 11) is 0. The zero-order valence-corrected chi connectivity index (χ0v) is 15.5. The molecule has 2 N–H and O–H groups in total. The first-order valence-electron chi connectivity index (χ1n) is 8.39. The van der Waals surface area contributed by atoms with Crippen LogP contribution in [0.25, 0.3) is 6.08 Å². The Morgan fingerprint density at radius 1 is 1.23 bits per heavy atom. The van der Waals surface area contributed by atoms with E-state index < -0.39 is 0 Å². The van der Waals surface area contributed by atoms with E-state index in [1.54, 1.807) is 18.2 Å². The van der Waals surface area contributed by atoms with Gasteiger partial charge in [0.25, 0.3) is 5.91 Å². The quantitative estimate of drug-likeness (QED) is 0.622. The second-order valence-corrected chi connectivity index (χ2v) is 6.42. The Kier molecular flexibility index (Phi) is 5.23. The molecule has 0 unspecified atom stereocenters. The number of thiocarbonyl (C=S) groups is 1. The number of aromatic hydroxyl groups is 1. The second kappa shape index (κ2) is 7.58. The largest absolute Gasteiger partial charge is 0.507 e. The summed E-state index contributed by atoms with van der Waals surface area (Å²) in [5.41, 5.74) is 2.63. The minimum Gasteiger partial charge on any atom is -0.507 e. The number of nitrogens with one attached hydrogen (secondary N) is 1. The first-order valence-corrected chi connectivity index (χ1v) is 8.80. The lowest BCUT2D eigenvalue weighted by atomic mass is 10.1. The fraction of sp³-hybridized carbons (Fsp3) is 0.200. The number of anilines is 1. The molecule has 0 aliphatic carbocycles. The lowest BCUT2D eigenvalue weighted by Gasteiger charge is -2.14. The highest BCUT2D eigenvalue weighted by atomic mass is 32.1. The summed E-state index contributed by atoms with van der Waals surface area (Å²) in [6.45, 7) is 4.58. The molecule has 0 aromatic heterocycles. The summed E-state index contributed by atoms with van der Waals surface area (Å²) in [6.07, 6.45) is 2.47. The predicted octanol–water partition coefficient (Wildman–Crippen LogP) is 3.75. The number of hydrogen-bond donors (Lipinski definition) is 2. The van der Waals surface area contributed by atoms with Gasteiger partial charge in [-0.3, -0.25) is 9.69 Å². The van der Waals surface area contributed by atoms with Crippen LogP contribution in [0.15, 0.2) is 48.2 Å². The van der Waals surface area contributed by atoms with Crippen molar-refractivity contribution in [1.29, 1.82) is 0 Å². The average molecular weight is 368 g/mol. The Morgan fingerprint density at radius 2 is 1.96 bits per heavy atom. The van der Waals surface area contributed by atoms with E-state index >= 15 is 0 Å². The number of carbonyl (C=O) groups is 1. The van der Waals surface area contributed by atoms with Gasteiger partial charge in [-0.2, -0.15) is 0 Å². The van der Waals surface area contributed by atoms with Gasteiger partial charge in [-0.25, -0.2) is 0 Å². The van der Waals surface area contributed by atoms with Gasteiger partial charge in [0.2, 0.25) is 0 Å². The van der Waals surface area contributed by atoms with Crippen molar-refractivity contribution in [2.45, 2.75) is 20.3 Å². The maximum atomic E-state index is 12.7. The molecular weight excluding hydrogens is 348 g/mol. The zero-order valence-electron chi connectivity index (χ0n) is 14.7. The fourth-order valence-electron chi connectivity index (χ4n) is 2.57. The number of amides is 1. The number of aryl methyl sites for hydroxylation is 1. The lowest BCUT2D eigenvalue weighted by Crippen LogP contribution is -2.30. The summed E-state index contributed by atoms with van der Waals surface area (Å²) in [4.78, 5) is 14.2. The molecule has 0 atom stereocenters. The van der Waals surface area contributed by atoms with Crippen molar-refractivity contribution in [3.63, 3.8) is 0 Å². The van der Waals surface area contributed by atoms with Crippen LogP contribution in [0.5, 0.6) is 11.5 Å². The molecule has 0 bridgehead atoms. The normalized spacial score (nSPS) is 15.5. The average Bonchev–Trinajstić information content (AvgIpc) is 2.90. The third kappa shape index (κ3) is 3.70. The van der Waals surface area contributed by atoms with Crippen LogP contribution in [0.3, 0.4) is 0 Å². The van der Waals surface area contributed by atoms with E-state index in [9.17, 15) is 9.90 Å². The van der Waals surface area contributed by atoms with E-state index in [1.807, 2.05) is 38.1 Å². The van der Waals surface area contributed by atoms with E-state index in [-0.39, 0.29) is 11.7 Å². The summed E-state index contributed by atoms with van der Waals surface area (Å²) in [5.74, 6) is 0.374. The molecule has 1 amide bonds. The topological polar surface area (TPSA) is 61.8 Å². The lowest BCUT2D eigenvalue weighted by molar-refractivity contribution is -0.113. The smallest absolute Gasteiger partial charge is 0.281 e. The van der Waals surface area contributed by atoms with E-state index in [4.69, 9.17) is 17.0 Å². The molecule has 134 valence electrons. The maximum absolute atomic E-state index is 12.7. The summed E-state index contributed by atoms with van der Waals surface area (Å²) in [5, 5.41) is 13.4. The molecule has 0 saturated carbocycles. The van der Waals surface area contributed by atoms with Crippen molar-refractivity contribution in [1.82, 2.24) is 5.32 Å². The third-order valence-corrected chi connectivity index (χ3v) is 4.23. The molecule has 1 heterocycles. The monoisotopic (exact) mass is 368 g/mol. The van der Waals surface area contributed by atoms with Crippen molar-refractivity contribution < 1.29 is 14.6 Å². The van der Waals surface area contributed by atoms with Crippen molar-refractivity contribution in [3.05, 3.63) is 59.3 Å². The Labute approximate surface area is 157 Å². The van der Waals surface area contributed by atoms with Gasteiger partial charge in [-0.15, -0.1) is 0 Å². The van der Waals surface area contributed by atoms with E-state index in [0.29, 0.717) is 34.4 Å². The van der Waals surface area contributed by atoms with Gasteiger partial charge in [0.15, 0.2) is 5.11 Å². The Morgan fingerprint density at radius 3 is 2.62 bits per heavy atom. The van der Waals surface area contributed by atoms with Crippen molar-refractivity contribution >= 4 is 35.0 Å². The van der Waals surface area contributed by atoms with Crippen LogP contribution in [-0.2, 0) is 4.79 Å². The summed E-state index contributed by atoms with van der Waals surface area (Å²) >= 11 is 5.30. The van der Waals surface area contributed by atoms with Crippen LogP contribution in [0.4, 0.5) is 5.69 Å². The molecule has 2 aromatic rings. The van der Waals surface area contributed by atoms with Gasteiger partial charge in [0.05, 0.1) is 12.3 Å². The molecule has 2 aromatic carbocycles. The zero-order chi connectivity index (χ0) is 18.7. The van der Waals surface area contributed by atoms with Gasteiger partial charge in [-0.1, -0.05) is 24.6 Å². The SMILES string of the molecule is CCCOc1ccc(/C=C2\NC(=S)N(c3ccc(C)cc3)C2=O)c(O)c1. The molecule has 0 spiro atoms. The number of rotatable bonds is 5. The third-order valence-electron chi connectivity index (χ3n) is 3.94. The molecule has 1 fully saturated rings. The van der Waals surface area contributed by atoms with Crippen LogP contribution in [0.1, 0.15) is 24.5 Å². The highest BCUT2D eigenvalue weighted by Crippen LogP contribution is 2.28. The second-order valence-electron chi connectivity index (χ2n) is 6.03. The van der Waals surface area contributed by atoms with Gasteiger partial charge in [0, 0.05) is 11.6 Å². The highest BCUT2D eigenvalue weighted by Gasteiger charge is 2.32. The number of nitrogens with zero attached hydrogens (tertiary/aromatic N) is 1. The molecule has 1 aliphatic rings. The highest BCUT2D eigenvalue weighted by molar-refractivity contribution is 7.80. The first-order chi connectivity index (χ1) is 12.5. The number of phenols is 1. The Balaban J connectivity index is 1.85. The van der Waals surface area contributed by atoms with Gasteiger partial charge < -0.3 is 15.2 Å². The minimum atomic E-state index is -0.260.